The first-order valence-electron chi connectivity index (χ1n) is 5.94. The van der Waals surface area contributed by atoms with Crippen LogP contribution in [0.3, 0.4) is 0 Å². The third-order valence-electron chi connectivity index (χ3n) is 2.57. The Balaban J connectivity index is 3.13. The Morgan fingerprint density at radius 2 is 1.71 bits per heavy atom. The number of halogens is 3. The van der Waals surface area contributed by atoms with E-state index in [0.717, 1.165) is 0 Å². The highest BCUT2D eigenvalue weighted by Gasteiger charge is 2.27. The van der Waals surface area contributed by atoms with Gasteiger partial charge in [0, 0.05) is 0 Å². The molecule has 1 rings (SSSR count). The van der Waals surface area contributed by atoms with E-state index >= 15 is 0 Å². The van der Waals surface area contributed by atoms with Crippen molar-refractivity contribution in [1.82, 2.24) is 4.72 Å². The van der Waals surface area contributed by atoms with Crippen LogP contribution in [-0.4, -0.2) is 25.5 Å². The van der Waals surface area contributed by atoms with Crippen LogP contribution in [0.25, 0.3) is 0 Å². The number of rotatable bonds is 6. The van der Waals surface area contributed by atoms with Gasteiger partial charge in [-0.15, -0.1) is 0 Å². The maximum Gasteiger partial charge on any atom is 0.321 e. The molecule has 9 heteroatoms. The molecule has 21 heavy (non-hydrogen) atoms. The van der Waals surface area contributed by atoms with Crippen LogP contribution in [0, 0.1) is 23.4 Å². The minimum absolute atomic E-state index is 0.0132. The molecule has 0 radical (unpaired) electrons. The fourth-order valence-electron chi connectivity index (χ4n) is 1.61. The van der Waals surface area contributed by atoms with Crippen molar-refractivity contribution in [3.63, 3.8) is 0 Å². The zero-order chi connectivity index (χ0) is 16.4. The van der Waals surface area contributed by atoms with Crippen molar-refractivity contribution in [3.05, 3.63) is 29.6 Å². The van der Waals surface area contributed by atoms with E-state index in [9.17, 15) is 26.4 Å². The van der Waals surface area contributed by atoms with Crippen LogP contribution >= 0.6 is 0 Å². The van der Waals surface area contributed by atoms with Gasteiger partial charge in [-0.3, -0.25) is 4.79 Å². The molecule has 0 bridgehead atoms. The quantitative estimate of drug-likeness (QED) is 0.782. The minimum atomic E-state index is -4.49. The predicted octanol–water partition coefficient (Wildman–Crippen LogP) is 1.88. The van der Waals surface area contributed by atoms with Gasteiger partial charge in [-0.05, 0) is 24.5 Å². The molecule has 0 saturated heterocycles. The summed E-state index contributed by atoms with van der Waals surface area (Å²) in [7, 11) is -4.49. The van der Waals surface area contributed by atoms with Crippen LogP contribution in [0.15, 0.2) is 17.0 Å². The average molecular weight is 325 g/mol. The largest absolute Gasteiger partial charge is 0.480 e. The van der Waals surface area contributed by atoms with E-state index in [2.05, 4.69) is 0 Å². The van der Waals surface area contributed by atoms with Gasteiger partial charge in [-0.1, -0.05) is 13.8 Å². The Kier molecular flexibility index (Phi) is 5.35. The molecule has 0 saturated carbocycles. The first-order valence-corrected chi connectivity index (χ1v) is 7.42. The molecule has 0 amide bonds. The van der Waals surface area contributed by atoms with Crippen molar-refractivity contribution < 1.29 is 31.5 Å². The predicted molar refractivity (Wildman–Crippen MR) is 67.5 cm³/mol. The van der Waals surface area contributed by atoms with E-state index in [-0.39, 0.29) is 24.5 Å². The van der Waals surface area contributed by atoms with Gasteiger partial charge in [-0.2, -0.15) is 4.72 Å². The first kappa shape index (κ1) is 17.4. The lowest BCUT2D eigenvalue weighted by Crippen LogP contribution is -2.41. The lowest BCUT2D eigenvalue weighted by molar-refractivity contribution is -0.139. The minimum Gasteiger partial charge on any atom is -0.480 e. The summed E-state index contributed by atoms with van der Waals surface area (Å²) in [5.74, 6) is -6.70. The summed E-state index contributed by atoms with van der Waals surface area (Å²) in [5, 5.41) is 8.95. The number of aliphatic carboxylic acids is 1. The van der Waals surface area contributed by atoms with E-state index < -0.39 is 44.4 Å². The number of sulfonamides is 1. The van der Waals surface area contributed by atoms with Crippen molar-refractivity contribution >= 4 is 16.0 Å². The fourth-order valence-corrected chi connectivity index (χ4v) is 2.84. The van der Waals surface area contributed by atoms with Gasteiger partial charge in [0.2, 0.25) is 10.0 Å². The van der Waals surface area contributed by atoms with Crippen LogP contribution in [0.1, 0.15) is 20.3 Å². The van der Waals surface area contributed by atoms with E-state index in [4.69, 9.17) is 5.11 Å². The summed E-state index contributed by atoms with van der Waals surface area (Å²) in [6.07, 6.45) is -0.0132. The van der Waals surface area contributed by atoms with Crippen molar-refractivity contribution in [3.8, 4) is 0 Å². The Morgan fingerprint density at radius 3 is 2.10 bits per heavy atom. The van der Waals surface area contributed by atoms with Gasteiger partial charge in [0.1, 0.15) is 6.04 Å². The highest BCUT2D eigenvalue weighted by molar-refractivity contribution is 7.89. The second-order valence-electron chi connectivity index (χ2n) is 4.84. The molecule has 5 nitrogen and oxygen atoms in total. The van der Waals surface area contributed by atoms with Gasteiger partial charge < -0.3 is 5.11 Å². The van der Waals surface area contributed by atoms with Gasteiger partial charge in [0.05, 0.1) is 4.90 Å². The molecule has 1 atom stereocenters. The second-order valence-corrected chi connectivity index (χ2v) is 6.56. The SMILES string of the molecule is CC(C)C[C@@H](NS(=O)(=O)c1cc(F)c(F)c(F)c1)C(=O)O. The van der Waals surface area contributed by atoms with E-state index in [1.807, 2.05) is 4.72 Å². The highest BCUT2D eigenvalue weighted by atomic mass is 32.2. The number of carboxylic acid groups (broad SMARTS) is 1. The smallest absolute Gasteiger partial charge is 0.321 e. The fraction of sp³-hybridized carbons (Fsp3) is 0.417. The van der Waals surface area contributed by atoms with Crippen LogP contribution in [-0.2, 0) is 14.8 Å². The monoisotopic (exact) mass is 325 g/mol. The van der Waals surface area contributed by atoms with Crippen molar-refractivity contribution in [2.75, 3.05) is 0 Å². The molecule has 0 aromatic heterocycles. The Labute approximate surface area is 119 Å². The standard InChI is InChI=1S/C12H14F3NO4S/c1-6(2)3-10(12(17)18)16-21(19,20)7-4-8(13)11(15)9(14)5-7/h4-6,10,16H,3H2,1-2H3,(H,17,18)/t10-/m1/s1. The third-order valence-corrected chi connectivity index (χ3v) is 4.02. The number of carbonyl (C=O) groups is 1. The van der Waals surface area contributed by atoms with Crippen molar-refractivity contribution in [2.24, 2.45) is 5.92 Å². The lowest BCUT2D eigenvalue weighted by Gasteiger charge is -2.16. The number of nitrogens with one attached hydrogen (secondary N) is 1. The molecular weight excluding hydrogens is 311 g/mol. The molecule has 1 aromatic rings. The summed E-state index contributed by atoms with van der Waals surface area (Å²) >= 11 is 0. The molecule has 0 aliphatic rings. The molecule has 0 unspecified atom stereocenters. The topological polar surface area (TPSA) is 83.5 Å². The second kappa shape index (κ2) is 6.44. The van der Waals surface area contributed by atoms with E-state index in [0.29, 0.717) is 0 Å². The summed E-state index contributed by atoms with van der Waals surface area (Å²) in [6, 6.07) is -0.879. The molecule has 0 aliphatic carbocycles. The highest BCUT2D eigenvalue weighted by Crippen LogP contribution is 2.18. The lowest BCUT2D eigenvalue weighted by atomic mass is 10.1. The maximum absolute atomic E-state index is 13.1. The Bertz CT molecular complexity index is 623. The number of carboxylic acids is 1. The third kappa shape index (κ3) is 4.43. The molecular formula is C12H14F3NO4S. The molecule has 0 heterocycles. The van der Waals surface area contributed by atoms with Gasteiger partial charge >= 0.3 is 5.97 Å². The molecule has 118 valence electrons. The number of hydrogen-bond acceptors (Lipinski definition) is 3. The number of hydrogen-bond donors (Lipinski definition) is 2. The maximum atomic E-state index is 13.1. The van der Waals surface area contributed by atoms with Crippen molar-refractivity contribution in [1.29, 1.82) is 0 Å². The van der Waals surface area contributed by atoms with Gasteiger partial charge in [0.15, 0.2) is 17.5 Å². The zero-order valence-electron chi connectivity index (χ0n) is 11.2. The molecule has 0 aliphatic heterocycles. The molecule has 1 aromatic carbocycles. The first-order chi connectivity index (χ1) is 9.54. The van der Waals surface area contributed by atoms with Crippen LogP contribution < -0.4 is 4.72 Å². The summed E-state index contributed by atoms with van der Waals surface area (Å²) in [5.41, 5.74) is 0. The Hall–Kier alpha value is -1.61. The molecule has 0 fully saturated rings. The zero-order valence-corrected chi connectivity index (χ0v) is 12.0. The van der Waals surface area contributed by atoms with Crippen LogP contribution in [0.2, 0.25) is 0 Å². The van der Waals surface area contributed by atoms with E-state index in [1.54, 1.807) is 13.8 Å². The van der Waals surface area contributed by atoms with E-state index in [1.165, 1.54) is 0 Å². The summed E-state index contributed by atoms with van der Waals surface area (Å²) in [4.78, 5) is 10.1. The Morgan fingerprint density at radius 1 is 1.24 bits per heavy atom. The number of benzene rings is 1. The van der Waals surface area contributed by atoms with Crippen molar-refractivity contribution in [2.45, 2.75) is 31.2 Å². The van der Waals surface area contributed by atoms with Gasteiger partial charge in [0.25, 0.3) is 0 Å². The normalized spacial score (nSPS) is 13.4. The molecule has 0 spiro atoms. The summed E-state index contributed by atoms with van der Waals surface area (Å²) < 4.78 is 64.6. The van der Waals surface area contributed by atoms with Crippen LogP contribution in [0.5, 0.6) is 0 Å². The van der Waals surface area contributed by atoms with Gasteiger partial charge in [-0.25, -0.2) is 21.6 Å². The summed E-state index contributed by atoms with van der Waals surface area (Å²) in [6.45, 7) is 3.36. The molecule has 2 N–H and O–H groups in total. The average Bonchev–Trinajstić information content (AvgIpc) is 2.33. The van der Waals surface area contributed by atoms with Crippen LogP contribution in [0.4, 0.5) is 13.2 Å².